The Hall–Kier alpha value is -2.46. The van der Waals surface area contributed by atoms with Crippen molar-refractivity contribution in [2.75, 3.05) is 39.6 Å². The van der Waals surface area contributed by atoms with Crippen LogP contribution in [0.1, 0.15) is 357 Å². The first-order chi connectivity index (χ1) is 45.2. The molecule has 19 heteroatoms. The van der Waals surface area contributed by atoms with Gasteiger partial charge in [-0.3, -0.25) is 37.3 Å². The molecule has 94 heavy (non-hydrogen) atoms. The number of phosphoric ester groups is 2. The van der Waals surface area contributed by atoms with E-state index < -0.39 is 97.5 Å². The summed E-state index contributed by atoms with van der Waals surface area (Å²) in [5.41, 5.74) is 0. The lowest BCUT2D eigenvalue weighted by atomic mass is 10.0. The van der Waals surface area contributed by atoms with Crippen LogP contribution in [0.2, 0.25) is 0 Å². The van der Waals surface area contributed by atoms with Gasteiger partial charge in [0, 0.05) is 25.7 Å². The van der Waals surface area contributed by atoms with Crippen molar-refractivity contribution in [3.05, 3.63) is 24.3 Å². The van der Waals surface area contributed by atoms with Gasteiger partial charge in [0.05, 0.1) is 26.4 Å². The van der Waals surface area contributed by atoms with Crippen LogP contribution in [0, 0.1) is 17.8 Å². The minimum Gasteiger partial charge on any atom is -0.462 e. The van der Waals surface area contributed by atoms with Crippen LogP contribution in [0.15, 0.2) is 24.3 Å². The first-order valence-corrected chi connectivity index (χ1v) is 41.2. The molecule has 17 nitrogen and oxygen atoms in total. The highest BCUT2D eigenvalue weighted by molar-refractivity contribution is 7.47. The summed E-state index contributed by atoms with van der Waals surface area (Å²) in [6.45, 7) is 11.7. The van der Waals surface area contributed by atoms with Gasteiger partial charge in [-0.05, 0) is 69.1 Å². The third-order valence-corrected chi connectivity index (χ3v) is 18.7. The standard InChI is InChI=1S/C75H142O17P2/c1-8-9-10-11-12-13-14-15-20-25-28-31-34-44-51-58-74(79)91-70(62-85-72(77)56-49-42-33-30-27-24-22-19-17-16-18-21-23-26-29-32-39-46-53-66(2)3)64-89-93(81,82)87-60-69(76)61-88-94(83,84)90-65-71(92-75(80)59-52-45-38-36-41-48-55-68(6)7)63-86-73(78)57-50-43-37-35-40-47-54-67(4)5/h13-15,20,66-71,76H,8-12,16-19,21-65H2,1-7H3,(H,81,82)(H,83,84)/b14-13-,20-15-/t69-,70-,71-/m1/s1. The zero-order valence-electron chi connectivity index (χ0n) is 60.9. The van der Waals surface area contributed by atoms with Gasteiger partial charge in [0.1, 0.15) is 19.3 Å². The van der Waals surface area contributed by atoms with Crippen molar-refractivity contribution in [2.45, 2.75) is 375 Å². The van der Waals surface area contributed by atoms with E-state index in [4.69, 9.17) is 37.0 Å². The Morgan fingerprint density at radius 1 is 0.330 bits per heavy atom. The van der Waals surface area contributed by atoms with Crippen molar-refractivity contribution in [1.82, 2.24) is 0 Å². The summed E-state index contributed by atoms with van der Waals surface area (Å²) in [5, 5.41) is 10.6. The molecule has 3 N–H and O–H groups in total. The minimum absolute atomic E-state index is 0.0849. The van der Waals surface area contributed by atoms with Gasteiger partial charge in [-0.25, -0.2) is 9.13 Å². The summed E-state index contributed by atoms with van der Waals surface area (Å²) >= 11 is 0. The van der Waals surface area contributed by atoms with Gasteiger partial charge in [-0.15, -0.1) is 0 Å². The van der Waals surface area contributed by atoms with Crippen molar-refractivity contribution in [1.29, 1.82) is 0 Å². The zero-order valence-corrected chi connectivity index (χ0v) is 62.7. The van der Waals surface area contributed by atoms with Crippen LogP contribution < -0.4 is 0 Å². The molecule has 0 aromatic carbocycles. The molecule has 5 atom stereocenters. The van der Waals surface area contributed by atoms with Crippen LogP contribution in [-0.2, 0) is 65.4 Å². The third kappa shape index (κ3) is 68.1. The number of phosphoric acid groups is 2. The molecule has 554 valence electrons. The average Bonchev–Trinajstić information content (AvgIpc) is 1.72. The second-order valence-electron chi connectivity index (χ2n) is 27.8. The predicted molar refractivity (Wildman–Crippen MR) is 381 cm³/mol. The number of hydrogen-bond acceptors (Lipinski definition) is 15. The molecule has 0 fully saturated rings. The molecule has 0 amide bonds. The molecule has 0 aromatic heterocycles. The van der Waals surface area contributed by atoms with Crippen molar-refractivity contribution in [3.63, 3.8) is 0 Å². The van der Waals surface area contributed by atoms with Crippen LogP contribution in [0.5, 0.6) is 0 Å². The Balaban J connectivity index is 5.19. The summed E-state index contributed by atoms with van der Waals surface area (Å²) in [7, 11) is -9.92. The van der Waals surface area contributed by atoms with E-state index in [2.05, 4.69) is 72.8 Å². The zero-order chi connectivity index (χ0) is 69.4. The fourth-order valence-electron chi connectivity index (χ4n) is 10.9. The van der Waals surface area contributed by atoms with Crippen LogP contribution in [-0.4, -0.2) is 96.7 Å². The van der Waals surface area contributed by atoms with Crippen LogP contribution >= 0.6 is 15.6 Å². The molecule has 0 heterocycles. The van der Waals surface area contributed by atoms with E-state index in [0.29, 0.717) is 37.5 Å². The van der Waals surface area contributed by atoms with E-state index in [1.54, 1.807) is 0 Å². The molecular weight excluding hydrogens is 1230 g/mol. The summed E-state index contributed by atoms with van der Waals surface area (Å²) < 4.78 is 68.3. The molecule has 0 rings (SSSR count). The number of aliphatic hydroxyl groups is 1. The molecule has 2 unspecified atom stereocenters. The highest BCUT2D eigenvalue weighted by atomic mass is 31.2. The lowest BCUT2D eigenvalue weighted by Gasteiger charge is -2.21. The Kier molecular flexibility index (Phi) is 63.5. The number of carbonyl (C=O) groups is 4. The van der Waals surface area contributed by atoms with Gasteiger partial charge in [-0.1, -0.05) is 304 Å². The van der Waals surface area contributed by atoms with Crippen LogP contribution in [0.25, 0.3) is 0 Å². The number of hydrogen-bond donors (Lipinski definition) is 3. The van der Waals surface area contributed by atoms with E-state index in [1.807, 2.05) is 0 Å². The van der Waals surface area contributed by atoms with Crippen molar-refractivity contribution >= 4 is 39.5 Å². The fourth-order valence-corrected chi connectivity index (χ4v) is 12.5. The number of rotatable bonds is 71. The van der Waals surface area contributed by atoms with Crippen molar-refractivity contribution in [2.24, 2.45) is 17.8 Å². The number of allylic oxidation sites excluding steroid dienone is 4. The van der Waals surface area contributed by atoms with Crippen molar-refractivity contribution < 1.29 is 80.2 Å². The van der Waals surface area contributed by atoms with Gasteiger partial charge in [-0.2, -0.15) is 0 Å². The summed E-state index contributed by atoms with van der Waals surface area (Å²) in [5.74, 6) is 0.00856. The van der Waals surface area contributed by atoms with Gasteiger partial charge in [0.15, 0.2) is 12.2 Å². The molecular formula is C75H142O17P2. The molecule has 0 spiro atoms. The fraction of sp³-hybridized carbons (Fsp3) is 0.893. The second-order valence-corrected chi connectivity index (χ2v) is 30.7. The maximum absolute atomic E-state index is 13.1. The number of aliphatic hydroxyl groups excluding tert-OH is 1. The highest BCUT2D eigenvalue weighted by Gasteiger charge is 2.30. The highest BCUT2D eigenvalue weighted by Crippen LogP contribution is 2.45. The second kappa shape index (κ2) is 65.2. The molecule has 0 saturated carbocycles. The van der Waals surface area contributed by atoms with Crippen LogP contribution in [0.4, 0.5) is 0 Å². The largest absolute Gasteiger partial charge is 0.472 e. The maximum atomic E-state index is 13.1. The number of unbranched alkanes of at least 4 members (excludes halogenated alkanes) is 36. The third-order valence-electron chi connectivity index (χ3n) is 16.8. The molecule has 0 radical (unpaired) electrons. The predicted octanol–water partition coefficient (Wildman–Crippen LogP) is 21.3. The first kappa shape index (κ1) is 91.5. The Bertz CT molecular complexity index is 1930. The number of carbonyl (C=O) groups excluding carboxylic acids is 4. The summed E-state index contributed by atoms with van der Waals surface area (Å²) in [6.07, 6.45) is 54.1. The summed E-state index contributed by atoms with van der Waals surface area (Å²) in [4.78, 5) is 72.6. The Morgan fingerprint density at radius 2 is 0.574 bits per heavy atom. The van der Waals surface area contributed by atoms with Crippen molar-refractivity contribution in [3.8, 4) is 0 Å². The quantitative estimate of drug-likeness (QED) is 0.0169. The summed E-state index contributed by atoms with van der Waals surface area (Å²) in [6, 6.07) is 0. The van der Waals surface area contributed by atoms with E-state index in [-0.39, 0.29) is 25.7 Å². The number of ether oxygens (including phenoxy) is 4. The van der Waals surface area contributed by atoms with E-state index >= 15 is 0 Å². The lowest BCUT2D eigenvalue weighted by Crippen LogP contribution is -2.30. The topological polar surface area (TPSA) is 237 Å². The molecule has 0 bridgehead atoms. The number of esters is 4. The first-order valence-electron chi connectivity index (χ1n) is 38.2. The smallest absolute Gasteiger partial charge is 0.462 e. The average molecular weight is 1380 g/mol. The van der Waals surface area contributed by atoms with Gasteiger partial charge < -0.3 is 33.8 Å². The van der Waals surface area contributed by atoms with Gasteiger partial charge >= 0.3 is 39.5 Å². The molecule has 0 aliphatic carbocycles. The van der Waals surface area contributed by atoms with E-state index in [9.17, 15) is 43.2 Å². The van der Waals surface area contributed by atoms with Gasteiger partial charge in [0.25, 0.3) is 0 Å². The van der Waals surface area contributed by atoms with Gasteiger partial charge in [0.2, 0.25) is 0 Å². The molecule has 0 aromatic rings. The van der Waals surface area contributed by atoms with Crippen LogP contribution in [0.3, 0.4) is 0 Å². The monoisotopic (exact) mass is 1380 g/mol. The molecule has 0 saturated heterocycles. The van der Waals surface area contributed by atoms with E-state index in [1.165, 1.54) is 148 Å². The Morgan fingerprint density at radius 3 is 0.862 bits per heavy atom. The molecule has 0 aliphatic heterocycles. The minimum atomic E-state index is -4.96. The normalized spacial score (nSPS) is 14.3. The maximum Gasteiger partial charge on any atom is 0.472 e. The Labute approximate surface area is 573 Å². The van der Waals surface area contributed by atoms with E-state index in [0.717, 1.165) is 115 Å². The molecule has 0 aliphatic rings. The SMILES string of the molecule is CCCCCC/C=C\C=C/CCCCCCCC(=O)O[C@H](COC(=O)CCCCCCCCCCCCCCCCCCCCC(C)C)COP(=O)(O)OC[C@@H](O)COP(=O)(O)OC[C@@H](COC(=O)CCCCCCCCC(C)C)OC(=O)CCCCCCCCC(C)C. The lowest BCUT2D eigenvalue weighted by molar-refractivity contribution is -0.161.